The Morgan fingerprint density at radius 1 is 1.46 bits per heavy atom. The van der Waals surface area contributed by atoms with E-state index in [2.05, 4.69) is 10.6 Å². The number of carbonyl (C=O) groups excluding carboxylic acids is 2. The monoisotopic (exact) mass is 355 g/mol. The lowest BCUT2D eigenvalue weighted by Crippen LogP contribution is -2.40. The second-order valence-corrected chi connectivity index (χ2v) is 6.02. The Hall–Kier alpha value is -1.79. The average Bonchev–Trinajstić information content (AvgIpc) is 2.93. The van der Waals surface area contributed by atoms with Crippen molar-refractivity contribution in [2.75, 3.05) is 32.1 Å². The molecule has 0 spiro atoms. The maximum Gasteiger partial charge on any atom is 0.227 e. The molecular formula is C17H26ClN3O3. The van der Waals surface area contributed by atoms with E-state index in [1.54, 1.807) is 12.0 Å². The Kier molecular flexibility index (Phi) is 7.51. The Bertz CT molecular complexity index is 594. The van der Waals surface area contributed by atoms with Crippen molar-refractivity contribution in [2.24, 2.45) is 5.92 Å². The summed E-state index contributed by atoms with van der Waals surface area (Å²) >= 11 is 0. The van der Waals surface area contributed by atoms with Crippen LogP contribution in [-0.4, -0.2) is 45.1 Å². The summed E-state index contributed by atoms with van der Waals surface area (Å²) in [6, 6.07) is 5.90. The molecule has 1 aromatic rings. The van der Waals surface area contributed by atoms with Gasteiger partial charge in [0.1, 0.15) is 5.75 Å². The molecule has 0 saturated carbocycles. The number of carbonyl (C=O) groups is 2. The van der Waals surface area contributed by atoms with Gasteiger partial charge in [0, 0.05) is 25.6 Å². The number of anilines is 1. The van der Waals surface area contributed by atoms with E-state index in [9.17, 15) is 9.59 Å². The van der Waals surface area contributed by atoms with Gasteiger partial charge in [-0.15, -0.1) is 12.4 Å². The molecule has 7 heteroatoms. The number of halogens is 1. The number of hydrogen-bond donors (Lipinski definition) is 2. The molecule has 2 atom stereocenters. The lowest BCUT2D eigenvalue weighted by molar-refractivity contribution is -0.126. The Labute approximate surface area is 149 Å². The van der Waals surface area contributed by atoms with Gasteiger partial charge in [-0.3, -0.25) is 9.59 Å². The highest BCUT2D eigenvalue weighted by Crippen LogP contribution is 2.33. The largest absolute Gasteiger partial charge is 0.495 e. The molecule has 1 saturated heterocycles. The molecule has 2 amide bonds. The molecular weight excluding hydrogens is 330 g/mol. The van der Waals surface area contributed by atoms with Gasteiger partial charge in [-0.1, -0.05) is 6.07 Å². The van der Waals surface area contributed by atoms with Gasteiger partial charge >= 0.3 is 0 Å². The predicted octanol–water partition coefficient (Wildman–Crippen LogP) is 1.50. The van der Waals surface area contributed by atoms with Gasteiger partial charge in [-0.25, -0.2) is 0 Å². The summed E-state index contributed by atoms with van der Waals surface area (Å²) in [6.45, 7) is 4.89. The summed E-state index contributed by atoms with van der Waals surface area (Å²) in [6.07, 6.45) is 0.233. The molecule has 6 nitrogen and oxygen atoms in total. The van der Waals surface area contributed by atoms with Gasteiger partial charge in [-0.05, 0) is 38.6 Å². The number of methoxy groups -OCH3 is 1. The second-order valence-electron chi connectivity index (χ2n) is 6.02. The summed E-state index contributed by atoms with van der Waals surface area (Å²) in [5, 5.41) is 5.96. The highest BCUT2D eigenvalue weighted by molar-refractivity contribution is 6.01. The van der Waals surface area contributed by atoms with Crippen LogP contribution in [0, 0.1) is 12.8 Å². The zero-order valence-corrected chi connectivity index (χ0v) is 15.4. The molecule has 0 aromatic heterocycles. The molecule has 1 heterocycles. The van der Waals surface area contributed by atoms with Crippen LogP contribution >= 0.6 is 12.4 Å². The van der Waals surface area contributed by atoms with E-state index in [0.717, 1.165) is 11.3 Å². The molecule has 1 aliphatic rings. The normalized spacial score (nSPS) is 18.1. The van der Waals surface area contributed by atoms with E-state index >= 15 is 0 Å². The molecule has 2 N–H and O–H groups in total. The van der Waals surface area contributed by atoms with Gasteiger partial charge in [0.25, 0.3) is 0 Å². The molecule has 134 valence electrons. The molecule has 2 unspecified atom stereocenters. The van der Waals surface area contributed by atoms with Gasteiger partial charge in [0.05, 0.1) is 18.7 Å². The van der Waals surface area contributed by atoms with Crippen LogP contribution in [0.15, 0.2) is 18.2 Å². The van der Waals surface area contributed by atoms with Crippen LogP contribution < -0.4 is 20.3 Å². The first-order valence-corrected chi connectivity index (χ1v) is 7.86. The molecule has 2 rings (SSSR count). The summed E-state index contributed by atoms with van der Waals surface area (Å²) in [5.41, 5.74) is 1.78. The Morgan fingerprint density at radius 2 is 2.17 bits per heavy atom. The number of nitrogens with one attached hydrogen (secondary N) is 2. The van der Waals surface area contributed by atoms with Crippen molar-refractivity contribution in [3.63, 3.8) is 0 Å². The smallest absolute Gasteiger partial charge is 0.227 e. The van der Waals surface area contributed by atoms with Crippen molar-refractivity contribution < 1.29 is 14.3 Å². The number of ether oxygens (including phenoxy) is 1. The molecule has 1 fully saturated rings. The number of nitrogens with zero attached hydrogens (tertiary/aromatic N) is 1. The number of rotatable bonds is 6. The fourth-order valence-electron chi connectivity index (χ4n) is 2.63. The van der Waals surface area contributed by atoms with E-state index in [-0.39, 0.29) is 42.6 Å². The lowest BCUT2D eigenvalue weighted by Gasteiger charge is -2.20. The number of benzene rings is 1. The fourth-order valence-corrected chi connectivity index (χ4v) is 2.63. The zero-order valence-electron chi connectivity index (χ0n) is 14.6. The fraction of sp³-hybridized carbons (Fsp3) is 0.529. The third-order valence-corrected chi connectivity index (χ3v) is 4.20. The van der Waals surface area contributed by atoms with E-state index < -0.39 is 0 Å². The number of amides is 2. The highest BCUT2D eigenvalue weighted by Gasteiger charge is 2.36. The maximum atomic E-state index is 12.3. The molecule has 0 aliphatic carbocycles. The summed E-state index contributed by atoms with van der Waals surface area (Å²) in [5.74, 6) is 0.205. The topological polar surface area (TPSA) is 70.7 Å². The van der Waals surface area contributed by atoms with Crippen LogP contribution in [0.3, 0.4) is 0 Å². The van der Waals surface area contributed by atoms with Gasteiger partial charge in [0.2, 0.25) is 11.8 Å². The van der Waals surface area contributed by atoms with E-state index in [4.69, 9.17) is 4.74 Å². The van der Waals surface area contributed by atoms with E-state index in [1.807, 2.05) is 39.1 Å². The first-order valence-electron chi connectivity index (χ1n) is 7.86. The zero-order chi connectivity index (χ0) is 17.0. The van der Waals surface area contributed by atoms with Crippen molar-refractivity contribution in [1.29, 1.82) is 0 Å². The first kappa shape index (κ1) is 20.3. The summed E-state index contributed by atoms with van der Waals surface area (Å²) < 4.78 is 5.35. The summed E-state index contributed by atoms with van der Waals surface area (Å²) in [7, 11) is 3.43. The Balaban J connectivity index is 0.00000288. The van der Waals surface area contributed by atoms with Gasteiger partial charge in [-0.2, -0.15) is 0 Å². The third-order valence-electron chi connectivity index (χ3n) is 4.20. The highest BCUT2D eigenvalue weighted by atomic mass is 35.5. The minimum absolute atomic E-state index is 0. The van der Waals surface area contributed by atoms with Crippen LogP contribution in [0.4, 0.5) is 5.69 Å². The lowest BCUT2D eigenvalue weighted by atomic mass is 10.1. The molecule has 1 aliphatic heterocycles. The molecule has 0 bridgehead atoms. The van der Waals surface area contributed by atoms with Crippen LogP contribution in [0.5, 0.6) is 5.75 Å². The van der Waals surface area contributed by atoms with Crippen LogP contribution in [0.1, 0.15) is 18.9 Å². The minimum atomic E-state index is -0.322. The SMILES string of the molecule is CNC(C)CNC(=O)C1CC(=O)N(c2cc(C)ccc2OC)C1.Cl. The third kappa shape index (κ3) is 4.61. The first-order chi connectivity index (χ1) is 11.0. The number of likely N-dealkylation sites (N-methyl/N-ethyl adjacent to an activating group) is 1. The average molecular weight is 356 g/mol. The summed E-state index contributed by atoms with van der Waals surface area (Å²) in [4.78, 5) is 26.3. The van der Waals surface area contributed by atoms with Crippen LogP contribution in [-0.2, 0) is 9.59 Å². The standard InChI is InChI=1S/C17H25N3O3.ClH/c1-11-5-6-15(23-4)14(7-11)20-10-13(8-16(20)21)17(22)19-9-12(2)18-3;/h5-7,12-13,18H,8-10H2,1-4H3,(H,19,22);1H. The number of hydrogen-bond acceptors (Lipinski definition) is 4. The Morgan fingerprint density at radius 3 is 2.79 bits per heavy atom. The van der Waals surface area contributed by atoms with Gasteiger partial charge < -0.3 is 20.3 Å². The van der Waals surface area contributed by atoms with Crippen molar-refractivity contribution in [3.8, 4) is 5.75 Å². The predicted molar refractivity (Wildman–Crippen MR) is 97.0 cm³/mol. The van der Waals surface area contributed by atoms with Crippen molar-refractivity contribution in [1.82, 2.24) is 10.6 Å². The second kappa shape index (κ2) is 8.89. The van der Waals surface area contributed by atoms with E-state index in [0.29, 0.717) is 18.8 Å². The van der Waals surface area contributed by atoms with Crippen molar-refractivity contribution in [2.45, 2.75) is 26.3 Å². The quantitative estimate of drug-likeness (QED) is 0.811. The molecule has 24 heavy (non-hydrogen) atoms. The molecule has 0 radical (unpaired) electrons. The minimum Gasteiger partial charge on any atom is -0.495 e. The van der Waals surface area contributed by atoms with E-state index in [1.165, 1.54) is 0 Å². The van der Waals surface area contributed by atoms with Crippen LogP contribution in [0.25, 0.3) is 0 Å². The number of aryl methyl sites for hydroxylation is 1. The van der Waals surface area contributed by atoms with Gasteiger partial charge in [0.15, 0.2) is 0 Å². The molecule has 1 aromatic carbocycles. The van der Waals surface area contributed by atoms with Crippen molar-refractivity contribution in [3.05, 3.63) is 23.8 Å². The maximum absolute atomic E-state index is 12.3. The van der Waals surface area contributed by atoms with Crippen LogP contribution in [0.2, 0.25) is 0 Å². The van der Waals surface area contributed by atoms with Crippen molar-refractivity contribution >= 4 is 29.9 Å².